The quantitative estimate of drug-likeness (QED) is 0.746. The molecule has 1 unspecified atom stereocenters. The Hall–Kier alpha value is -0.970. The predicted octanol–water partition coefficient (Wildman–Crippen LogP) is 3.01. The van der Waals surface area contributed by atoms with E-state index in [1.165, 1.54) is 12.1 Å². The maximum atomic E-state index is 12.1. The Morgan fingerprint density at radius 1 is 1.44 bits per heavy atom. The van der Waals surface area contributed by atoms with Crippen LogP contribution in [0.25, 0.3) is 0 Å². The van der Waals surface area contributed by atoms with Crippen LogP contribution in [0, 0.1) is 5.41 Å². The lowest BCUT2D eigenvalue weighted by molar-refractivity contribution is -0.124. The molecule has 0 spiro atoms. The second kappa shape index (κ2) is 5.78. The van der Waals surface area contributed by atoms with E-state index in [1.807, 2.05) is 6.92 Å². The standard InChI is InChI=1S/C12H16Cl2N2O2/c1-3-12(2,6-15)11(18)16-7-4-8(13)10(17)9(14)5-7/h4-5,17H,3,6,15H2,1-2H3,(H,16,18). The molecule has 1 aromatic rings. The highest BCUT2D eigenvalue weighted by molar-refractivity contribution is 6.37. The van der Waals surface area contributed by atoms with Crippen LogP contribution in [-0.4, -0.2) is 17.6 Å². The molecule has 0 saturated carbocycles. The largest absolute Gasteiger partial charge is 0.505 e. The van der Waals surface area contributed by atoms with Gasteiger partial charge in [-0.2, -0.15) is 0 Å². The van der Waals surface area contributed by atoms with E-state index in [2.05, 4.69) is 5.32 Å². The first-order chi connectivity index (χ1) is 8.34. The van der Waals surface area contributed by atoms with Gasteiger partial charge >= 0.3 is 0 Å². The van der Waals surface area contributed by atoms with Crippen LogP contribution in [0.15, 0.2) is 12.1 Å². The summed E-state index contributed by atoms with van der Waals surface area (Å²) in [5.41, 5.74) is 5.39. The number of amides is 1. The molecule has 1 aromatic carbocycles. The first-order valence-corrected chi connectivity index (χ1v) is 6.29. The number of carbonyl (C=O) groups is 1. The van der Waals surface area contributed by atoms with E-state index in [4.69, 9.17) is 28.9 Å². The van der Waals surface area contributed by atoms with Crippen LogP contribution in [0.1, 0.15) is 20.3 Å². The number of carbonyl (C=O) groups excluding carboxylic acids is 1. The highest BCUT2D eigenvalue weighted by Crippen LogP contribution is 2.35. The van der Waals surface area contributed by atoms with Gasteiger partial charge in [0.15, 0.2) is 5.75 Å². The van der Waals surface area contributed by atoms with Crippen molar-refractivity contribution in [2.24, 2.45) is 11.1 Å². The van der Waals surface area contributed by atoms with Crippen LogP contribution < -0.4 is 11.1 Å². The van der Waals surface area contributed by atoms with Gasteiger partial charge in [-0.1, -0.05) is 30.1 Å². The summed E-state index contributed by atoms with van der Waals surface area (Å²) in [6.45, 7) is 3.92. The van der Waals surface area contributed by atoms with E-state index in [1.54, 1.807) is 6.92 Å². The minimum Gasteiger partial charge on any atom is -0.505 e. The van der Waals surface area contributed by atoms with E-state index >= 15 is 0 Å². The van der Waals surface area contributed by atoms with Gasteiger partial charge in [-0.25, -0.2) is 0 Å². The van der Waals surface area contributed by atoms with Crippen LogP contribution in [0.4, 0.5) is 5.69 Å². The molecule has 4 nitrogen and oxygen atoms in total. The van der Waals surface area contributed by atoms with Gasteiger partial charge in [0.05, 0.1) is 15.5 Å². The van der Waals surface area contributed by atoms with Gasteiger partial charge in [-0.3, -0.25) is 4.79 Å². The van der Waals surface area contributed by atoms with Crippen molar-refractivity contribution < 1.29 is 9.90 Å². The van der Waals surface area contributed by atoms with E-state index in [0.29, 0.717) is 12.1 Å². The molecular formula is C12H16Cl2N2O2. The maximum Gasteiger partial charge on any atom is 0.231 e. The number of anilines is 1. The summed E-state index contributed by atoms with van der Waals surface area (Å²) in [6, 6.07) is 2.88. The molecule has 0 radical (unpaired) electrons. The molecule has 100 valence electrons. The highest BCUT2D eigenvalue weighted by atomic mass is 35.5. The second-order valence-electron chi connectivity index (χ2n) is 4.36. The van der Waals surface area contributed by atoms with Crippen molar-refractivity contribution in [2.75, 3.05) is 11.9 Å². The van der Waals surface area contributed by atoms with Crippen molar-refractivity contribution in [3.8, 4) is 5.75 Å². The number of benzene rings is 1. The summed E-state index contributed by atoms with van der Waals surface area (Å²) in [4.78, 5) is 12.1. The van der Waals surface area contributed by atoms with Crippen molar-refractivity contribution in [2.45, 2.75) is 20.3 Å². The molecule has 18 heavy (non-hydrogen) atoms. The Bertz CT molecular complexity index is 436. The molecule has 6 heteroatoms. The number of hydrogen-bond donors (Lipinski definition) is 3. The first-order valence-electron chi connectivity index (χ1n) is 5.53. The topological polar surface area (TPSA) is 75.4 Å². The molecule has 0 heterocycles. The molecule has 1 amide bonds. The van der Waals surface area contributed by atoms with Gasteiger partial charge in [0, 0.05) is 12.2 Å². The average molecular weight is 291 g/mol. The third kappa shape index (κ3) is 3.07. The summed E-state index contributed by atoms with van der Waals surface area (Å²) in [5, 5.41) is 12.3. The molecule has 1 rings (SSSR count). The molecule has 0 aliphatic heterocycles. The number of nitrogens with two attached hydrogens (primary N) is 1. The van der Waals surface area contributed by atoms with E-state index in [-0.39, 0.29) is 28.2 Å². The molecule has 0 aliphatic rings. The smallest absolute Gasteiger partial charge is 0.231 e. The van der Waals surface area contributed by atoms with Gasteiger partial charge in [0.2, 0.25) is 5.91 Å². The summed E-state index contributed by atoms with van der Waals surface area (Å²) in [7, 11) is 0. The maximum absolute atomic E-state index is 12.1. The van der Waals surface area contributed by atoms with Crippen molar-refractivity contribution in [3.63, 3.8) is 0 Å². The van der Waals surface area contributed by atoms with Crippen molar-refractivity contribution in [1.82, 2.24) is 0 Å². The molecule has 0 bridgehead atoms. The molecule has 0 aromatic heterocycles. The van der Waals surface area contributed by atoms with Gasteiger partial charge in [-0.05, 0) is 25.5 Å². The SMILES string of the molecule is CCC(C)(CN)C(=O)Nc1cc(Cl)c(O)c(Cl)c1. The summed E-state index contributed by atoms with van der Waals surface area (Å²) in [5.74, 6) is -0.404. The summed E-state index contributed by atoms with van der Waals surface area (Å²) >= 11 is 11.5. The van der Waals surface area contributed by atoms with Crippen molar-refractivity contribution >= 4 is 34.8 Å². The number of hydrogen-bond acceptors (Lipinski definition) is 3. The highest BCUT2D eigenvalue weighted by Gasteiger charge is 2.29. The fourth-order valence-electron chi connectivity index (χ4n) is 1.32. The lowest BCUT2D eigenvalue weighted by atomic mass is 9.86. The van der Waals surface area contributed by atoms with E-state index in [9.17, 15) is 9.90 Å². The van der Waals surface area contributed by atoms with Gasteiger partial charge in [-0.15, -0.1) is 0 Å². The molecule has 1 atom stereocenters. The summed E-state index contributed by atoms with van der Waals surface area (Å²) < 4.78 is 0. The van der Waals surface area contributed by atoms with Crippen LogP contribution in [-0.2, 0) is 4.79 Å². The summed E-state index contributed by atoms with van der Waals surface area (Å²) in [6.07, 6.45) is 0.620. The lowest BCUT2D eigenvalue weighted by Crippen LogP contribution is -2.39. The lowest BCUT2D eigenvalue weighted by Gasteiger charge is -2.25. The number of phenolic OH excluding ortho intramolecular Hbond substituents is 1. The van der Waals surface area contributed by atoms with Gasteiger partial charge in [0.1, 0.15) is 0 Å². The Morgan fingerprint density at radius 3 is 2.33 bits per heavy atom. The monoisotopic (exact) mass is 290 g/mol. The van der Waals surface area contributed by atoms with E-state index in [0.717, 1.165) is 0 Å². The fraction of sp³-hybridized carbons (Fsp3) is 0.417. The third-order valence-electron chi connectivity index (χ3n) is 3.05. The minimum atomic E-state index is -0.642. The zero-order valence-corrected chi connectivity index (χ0v) is 11.8. The number of aromatic hydroxyl groups is 1. The average Bonchev–Trinajstić information content (AvgIpc) is 2.34. The Labute approximate surface area is 116 Å². The van der Waals surface area contributed by atoms with Crippen LogP contribution in [0.2, 0.25) is 10.0 Å². The Morgan fingerprint density at radius 2 is 1.94 bits per heavy atom. The normalized spacial score (nSPS) is 14.1. The predicted molar refractivity (Wildman–Crippen MR) is 74.2 cm³/mol. The number of halogens is 2. The number of nitrogens with one attached hydrogen (secondary N) is 1. The minimum absolute atomic E-state index is 0.0868. The van der Waals surface area contributed by atoms with Crippen LogP contribution in [0.3, 0.4) is 0 Å². The molecular weight excluding hydrogens is 275 g/mol. The van der Waals surface area contributed by atoms with Crippen LogP contribution in [0.5, 0.6) is 5.75 Å². The van der Waals surface area contributed by atoms with Gasteiger partial charge in [0.25, 0.3) is 0 Å². The van der Waals surface area contributed by atoms with Crippen LogP contribution >= 0.6 is 23.2 Å². The zero-order valence-electron chi connectivity index (χ0n) is 10.3. The van der Waals surface area contributed by atoms with Crippen molar-refractivity contribution in [1.29, 1.82) is 0 Å². The number of phenols is 1. The second-order valence-corrected chi connectivity index (χ2v) is 5.18. The molecule has 0 saturated heterocycles. The third-order valence-corrected chi connectivity index (χ3v) is 3.63. The molecule has 0 aliphatic carbocycles. The fourth-order valence-corrected chi connectivity index (χ4v) is 1.80. The first kappa shape index (κ1) is 15.1. The number of rotatable bonds is 4. The Kier molecular flexibility index (Phi) is 4.85. The van der Waals surface area contributed by atoms with E-state index < -0.39 is 5.41 Å². The van der Waals surface area contributed by atoms with Crippen molar-refractivity contribution in [3.05, 3.63) is 22.2 Å². The Balaban J connectivity index is 2.95. The molecule has 0 fully saturated rings. The zero-order chi connectivity index (χ0) is 13.9. The van der Waals surface area contributed by atoms with Gasteiger partial charge < -0.3 is 16.2 Å². The molecule has 4 N–H and O–H groups in total.